The van der Waals surface area contributed by atoms with Crippen molar-refractivity contribution < 1.29 is 9.59 Å². The zero-order valence-electron chi connectivity index (χ0n) is 20.1. The number of benzene rings is 2. The molecule has 1 heterocycles. The quantitative estimate of drug-likeness (QED) is 0.462. The van der Waals surface area contributed by atoms with Crippen LogP contribution in [0.1, 0.15) is 56.7 Å². The summed E-state index contributed by atoms with van der Waals surface area (Å²) in [6.07, 6.45) is 2.27. The van der Waals surface area contributed by atoms with E-state index in [0.29, 0.717) is 25.8 Å². The van der Waals surface area contributed by atoms with Crippen molar-refractivity contribution in [3.8, 4) is 0 Å². The second-order valence-corrected chi connectivity index (χ2v) is 10.2. The minimum absolute atomic E-state index is 0.0287. The van der Waals surface area contributed by atoms with Gasteiger partial charge in [-0.05, 0) is 35.1 Å². The number of amides is 2. The molecule has 0 bridgehead atoms. The summed E-state index contributed by atoms with van der Waals surface area (Å²) in [6, 6.07) is 16.5. The van der Waals surface area contributed by atoms with E-state index < -0.39 is 0 Å². The summed E-state index contributed by atoms with van der Waals surface area (Å²) in [6.45, 7) is 8.79. The number of carbonyl (C=O) groups is 2. The Kier molecular flexibility index (Phi) is 10.0. The zero-order valence-corrected chi connectivity index (χ0v) is 20.9. The summed E-state index contributed by atoms with van der Waals surface area (Å²) in [5.74, 6) is -0.217. The highest BCUT2D eigenvalue weighted by atomic mass is 32.1. The van der Waals surface area contributed by atoms with Crippen LogP contribution >= 0.6 is 11.3 Å². The standard InChI is InChI=1S/C23H29N3OS.C3H7NO/c1-23(2,3)17-9-10-19-20(14-17)28-22(26-19)12-11-21(27)25-18(15-24)13-16-7-5-4-6-8-16;1-2-3(4)5/h4-10,14,18H,11-13,15,24H2,1-3H3,(H,25,27);2H2,1H3,(H2,4,5). The first-order valence-electron chi connectivity index (χ1n) is 11.3. The van der Waals surface area contributed by atoms with Gasteiger partial charge in [0.2, 0.25) is 11.8 Å². The van der Waals surface area contributed by atoms with Gasteiger partial charge in [-0.1, -0.05) is 64.1 Å². The lowest BCUT2D eigenvalue weighted by Crippen LogP contribution is -2.41. The van der Waals surface area contributed by atoms with Crippen LogP contribution in [0.2, 0.25) is 0 Å². The lowest BCUT2D eigenvalue weighted by atomic mass is 9.87. The number of nitrogens with two attached hydrogens (primary N) is 2. The third-order valence-corrected chi connectivity index (χ3v) is 6.27. The maximum Gasteiger partial charge on any atom is 0.220 e. The highest BCUT2D eigenvalue weighted by Crippen LogP contribution is 2.29. The lowest BCUT2D eigenvalue weighted by molar-refractivity contribution is -0.121. The van der Waals surface area contributed by atoms with E-state index in [-0.39, 0.29) is 23.3 Å². The van der Waals surface area contributed by atoms with Crippen molar-refractivity contribution in [3.05, 3.63) is 64.7 Å². The van der Waals surface area contributed by atoms with Crippen LogP contribution in [-0.2, 0) is 27.8 Å². The SMILES string of the molecule is CC(C)(C)c1ccc2nc(CCC(=O)NC(CN)Cc3ccccc3)sc2c1.CCC(N)=O. The van der Waals surface area contributed by atoms with Gasteiger partial charge < -0.3 is 16.8 Å². The molecule has 2 amide bonds. The Hall–Kier alpha value is -2.77. The molecular formula is C26H36N4O2S. The number of hydrogen-bond acceptors (Lipinski definition) is 5. The van der Waals surface area contributed by atoms with Crippen LogP contribution in [0.3, 0.4) is 0 Å². The van der Waals surface area contributed by atoms with E-state index in [1.54, 1.807) is 18.3 Å². The van der Waals surface area contributed by atoms with Crippen molar-refractivity contribution in [2.75, 3.05) is 6.54 Å². The van der Waals surface area contributed by atoms with Crippen LogP contribution in [0.5, 0.6) is 0 Å². The van der Waals surface area contributed by atoms with E-state index in [9.17, 15) is 9.59 Å². The molecule has 3 aromatic rings. The maximum atomic E-state index is 12.4. The molecule has 178 valence electrons. The van der Waals surface area contributed by atoms with Gasteiger partial charge in [-0.3, -0.25) is 9.59 Å². The molecule has 0 aliphatic carbocycles. The van der Waals surface area contributed by atoms with E-state index in [2.05, 4.69) is 67.1 Å². The average Bonchev–Trinajstić information content (AvgIpc) is 3.20. The van der Waals surface area contributed by atoms with Crippen molar-refractivity contribution in [1.29, 1.82) is 0 Å². The van der Waals surface area contributed by atoms with Crippen molar-refractivity contribution >= 4 is 33.4 Å². The highest BCUT2D eigenvalue weighted by Gasteiger charge is 2.16. The minimum atomic E-state index is -0.245. The third-order valence-electron chi connectivity index (χ3n) is 5.19. The average molecular weight is 469 g/mol. The number of thiazole rings is 1. The zero-order chi connectivity index (χ0) is 24.4. The molecule has 7 heteroatoms. The smallest absolute Gasteiger partial charge is 0.220 e. The van der Waals surface area contributed by atoms with E-state index in [4.69, 9.17) is 5.73 Å². The fourth-order valence-electron chi connectivity index (χ4n) is 3.16. The molecule has 1 unspecified atom stereocenters. The van der Waals surface area contributed by atoms with Crippen LogP contribution in [0, 0.1) is 0 Å². The number of rotatable bonds is 8. The number of nitrogens with zero attached hydrogens (tertiary/aromatic N) is 1. The van der Waals surface area contributed by atoms with Crippen molar-refractivity contribution in [2.24, 2.45) is 11.5 Å². The number of aromatic nitrogens is 1. The second-order valence-electron chi connectivity index (χ2n) is 9.05. The fraction of sp³-hybridized carbons (Fsp3) is 0.423. The van der Waals surface area contributed by atoms with Gasteiger partial charge in [0.1, 0.15) is 0 Å². The van der Waals surface area contributed by atoms with Crippen LogP contribution in [0.4, 0.5) is 0 Å². The number of carbonyl (C=O) groups excluding carboxylic acids is 2. The van der Waals surface area contributed by atoms with Gasteiger partial charge in [0.25, 0.3) is 0 Å². The molecule has 0 aliphatic heterocycles. The number of fused-ring (bicyclic) bond motifs is 1. The van der Waals surface area contributed by atoms with Crippen LogP contribution < -0.4 is 16.8 Å². The summed E-state index contributed by atoms with van der Waals surface area (Å²) in [4.78, 5) is 26.7. The first-order valence-corrected chi connectivity index (χ1v) is 12.2. The van der Waals surface area contributed by atoms with Gasteiger partial charge >= 0.3 is 0 Å². The number of nitrogens with one attached hydrogen (secondary N) is 1. The number of hydrogen-bond donors (Lipinski definition) is 3. The molecule has 33 heavy (non-hydrogen) atoms. The first kappa shape index (κ1) is 26.5. The van der Waals surface area contributed by atoms with Gasteiger partial charge in [0, 0.05) is 31.8 Å². The molecule has 0 saturated heterocycles. The molecule has 3 rings (SSSR count). The largest absolute Gasteiger partial charge is 0.370 e. The van der Waals surface area contributed by atoms with E-state index in [0.717, 1.165) is 16.9 Å². The fourth-order valence-corrected chi connectivity index (χ4v) is 4.16. The Bertz CT molecular complexity index is 1040. The molecule has 0 radical (unpaired) electrons. The first-order chi connectivity index (χ1) is 15.6. The monoisotopic (exact) mass is 468 g/mol. The summed E-state index contributed by atoms with van der Waals surface area (Å²) in [7, 11) is 0. The second kappa shape index (κ2) is 12.5. The van der Waals surface area contributed by atoms with Gasteiger partial charge in [-0.2, -0.15) is 0 Å². The molecule has 0 fully saturated rings. The Morgan fingerprint density at radius 1 is 1.12 bits per heavy atom. The van der Waals surface area contributed by atoms with Crippen LogP contribution in [0.25, 0.3) is 10.2 Å². The minimum Gasteiger partial charge on any atom is -0.370 e. The summed E-state index contributed by atoms with van der Waals surface area (Å²) >= 11 is 1.68. The van der Waals surface area contributed by atoms with Crippen molar-refractivity contribution in [1.82, 2.24) is 10.3 Å². The van der Waals surface area contributed by atoms with Gasteiger partial charge in [0.15, 0.2) is 0 Å². The topological polar surface area (TPSA) is 111 Å². The summed E-state index contributed by atoms with van der Waals surface area (Å²) in [5.41, 5.74) is 14.1. The molecule has 6 nitrogen and oxygen atoms in total. The van der Waals surface area contributed by atoms with Gasteiger partial charge in [0.05, 0.1) is 15.2 Å². The third kappa shape index (κ3) is 8.94. The van der Waals surface area contributed by atoms with E-state index in [1.165, 1.54) is 15.8 Å². The Labute approximate surface area is 200 Å². The Morgan fingerprint density at radius 3 is 2.36 bits per heavy atom. The number of primary amides is 1. The molecule has 1 aromatic heterocycles. The highest BCUT2D eigenvalue weighted by molar-refractivity contribution is 7.18. The van der Waals surface area contributed by atoms with E-state index >= 15 is 0 Å². The number of aryl methyl sites for hydroxylation is 1. The predicted molar refractivity (Wildman–Crippen MR) is 137 cm³/mol. The Morgan fingerprint density at radius 2 is 1.79 bits per heavy atom. The van der Waals surface area contributed by atoms with Crippen LogP contribution in [0.15, 0.2) is 48.5 Å². The molecular weight excluding hydrogens is 432 g/mol. The summed E-state index contributed by atoms with van der Waals surface area (Å²) < 4.78 is 1.19. The maximum absolute atomic E-state index is 12.4. The summed E-state index contributed by atoms with van der Waals surface area (Å²) in [5, 5.41) is 4.06. The Balaban J connectivity index is 0.000000696. The molecule has 0 spiro atoms. The molecule has 5 N–H and O–H groups in total. The molecule has 2 aromatic carbocycles. The predicted octanol–water partition coefficient (Wildman–Crippen LogP) is 4.09. The normalized spacial score (nSPS) is 12.0. The van der Waals surface area contributed by atoms with Crippen LogP contribution in [-0.4, -0.2) is 29.4 Å². The lowest BCUT2D eigenvalue weighted by Gasteiger charge is -2.18. The van der Waals surface area contributed by atoms with Gasteiger partial charge in [-0.25, -0.2) is 4.98 Å². The molecule has 0 saturated carbocycles. The van der Waals surface area contributed by atoms with E-state index in [1.807, 2.05) is 18.2 Å². The molecule has 1 atom stereocenters. The van der Waals surface area contributed by atoms with Crippen molar-refractivity contribution in [3.63, 3.8) is 0 Å². The molecule has 0 aliphatic rings. The van der Waals surface area contributed by atoms with Gasteiger partial charge in [-0.15, -0.1) is 11.3 Å². The van der Waals surface area contributed by atoms with Crippen molar-refractivity contribution in [2.45, 2.75) is 64.8 Å².